The largest absolute Gasteiger partial charge is 0.461 e. The highest BCUT2D eigenvalue weighted by Crippen LogP contribution is 2.43. The van der Waals surface area contributed by atoms with E-state index in [2.05, 4.69) is 4.98 Å². The number of aromatic nitrogens is 2. The highest BCUT2D eigenvalue weighted by molar-refractivity contribution is 5.81. The highest BCUT2D eigenvalue weighted by atomic mass is 16.6. The van der Waals surface area contributed by atoms with E-state index in [9.17, 15) is 14.4 Å². The van der Waals surface area contributed by atoms with E-state index in [0.29, 0.717) is 32.5 Å². The molecule has 1 atom stereocenters. The lowest BCUT2D eigenvalue weighted by Gasteiger charge is -2.36. The molecule has 1 aromatic heterocycles. The SMILES string of the molecule is CN(C)CC1CC2(CCN(C(=O)CCn3c(=O)[nH]c4ccccc43)CC2)C(=O)O1. The van der Waals surface area contributed by atoms with Gasteiger partial charge in [-0.3, -0.25) is 14.2 Å². The van der Waals surface area contributed by atoms with Crippen molar-refractivity contribution in [2.75, 3.05) is 33.7 Å². The number of aryl methyl sites for hydroxylation is 1. The summed E-state index contributed by atoms with van der Waals surface area (Å²) in [6.07, 6.45) is 2.23. The van der Waals surface area contributed by atoms with Crippen molar-refractivity contribution in [3.05, 3.63) is 34.7 Å². The van der Waals surface area contributed by atoms with Crippen LogP contribution < -0.4 is 5.69 Å². The van der Waals surface area contributed by atoms with Gasteiger partial charge in [0.1, 0.15) is 6.10 Å². The zero-order chi connectivity index (χ0) is 20.6. The minimum Gasteiger partial charge on any atom is -0.461 e. The number of amides is 1. The molecule has 2 aliphatic rings. The maximum Gasteiger partial charge on any atom is 0.326 e. The minimum absolute atomic E-state index is 0.0215. The first kappa shape index (κ1) is 19.7. The van der Waals surface area contributed by atoms with Crippen molar-refractivity contribution in [1.82, 2.24) is 19.4 Å². The molecule has 1 unspecified atom stereocenters. The molecule has 1 aromatic carbocycles. The smallest absolute Gasteiger partial charge is 0.326 e. The monoisotopic (exact) mass is 400 g/mol. The second-order valence-electron chi connectivity index (χ2n) is 8.50. The summed E-state index contributed by atoms with van der Waals surface area (Å²) in [5, 5.41) is 0. The van der Waals surface area contributed by atoms with E-state index >= 15 is 0 Å². The Morgan fingerprint density at radius 2 is 1.97 bits per heavy atom. The summed E-state index contributed by atoms with van der Waals surface area (Å²) in [5.74, 6) is -0.0879. The number of likely N-dealkylation sites (tertiary alicyclic amines) is 1. The van der Waals surface area contributed by atoms with E-state index in [1.54, 1.807) is 4.57 Å². The summed E-state index contributed by atoms with van der Waals surface area (Å²) >= 11 is 0. The van der Waals surface area contributed by atoms with Gasteiger partial charge in [0.15, 0.2) is 0 Å². The first-order valence-electron chi connectivity index (χ1n) is 10.2. The molecule has 2 saturated heterocycles. The van der Waals surface area contributed by atoms with Gasteiger partial charge >= 0.3 is 11.7 Å². The second-order valence-corrected chi connectivity index (χ2v) is 8.50. The van der Waals surface area contributed by atoms with Crippen LogP contribution in [0.2, 0.25) is 0 Å². The molecule has 2 aliphatic heterocycles. The third kappa shape index (κ3) is 3.81. The van der Waals surface area contributed by atoms with Crippen LogP contribution in [0.25, 0.3) is 11.0 Å². The fourth-order valence-electron chi connectivity index (χ4n) is 4.63. The molecule has 1 amide bonds. The van der Waals surface area contributed by atoms with Crippen LogP contribution in [-0.2, 0) is 20.9 Å². The summed E-state index contributed by atoms with van der Waals surface area (Å²) in [7, 11) is 3.94. The minimum atomic E-state index is -0.439. The van der Waals surface area contributed by atoms with Gasteiger partial charge in [0.2, 0.25) is 5.91 Å². The van der Waals surface area contributed by atoms with Crippen molar-refractivity contribution in [2.24, 2.45) is 5.41 Å². The number of fused-ring (bicyclic) bond motifs is 1. The number of carbonyl (C=O) groups is 2. The predicted molar refractivity (Wildman–Crippen MR) is 108 cm³/mol. The first-order chi connectivity index (χ1) is 13.9. The number of H-pyrrole nitrogens is 1. The van der Waals surface area contributed by atoms with E-state index < -0.39 is 5.41 Å². The lowest BCUT2D eigenvalue weighted by atomic mass is 9.76. The van der Waals surface area contributed by atoms with Crippen molar-refractivity contribution in [3.63, 3.8) is 0 Å². The summed E-state index contributed by atoms with van der Waals surface area (Å²) in [6.45, 7) is 2.20. The molecule has 2 fully saturated rings. The molecule has 1 N–H and O–H groups in total. The standard InChI is InChI=1S/C21H28N4O4/c1-23(2)14-15-13-21(19(27)29-15)8-11-24(12-9-21)18(26)7-10-25-17-6-4-3-5-16(17)22-20(25)28/h3-6,15H,7-14H2,1-2H3,(H,22,28). The summed E-state index contributed by atoms with van der Waals surface area (Å²) in [5.41, 5.74) is 0.947. The Bertz CT molecular complexity index is 968. The zero-order valence-electron chi connectivity index (χ0n) is 17.0. The number of aromatic amines is 1. The lowest BCUT2D eigenvalue weighted by molar-refractivity contribution is -0.152. The number of hydrogen-bond acceptors (Lipinski definition) is 5. The molecule has 156 valence electrons. The van der Waals surface area contributed by atoms with Crippen LogP contribution in [0, 0.1) is 5.41 Å². The number of likely N-dealkylation sites (N-methyl/N-ethyl adjacent to an activating group) is 1. The summed E-state index contributed by atoms with van der Waals surface area (Å²) in [4.78, 5) is 44.0. The van der Waals surface area contributed by atoms with E-state index in [-0.39, 0.29) is 30.1 Å². The molecule has 1 spiro atoms. The Kier molecular flexibility index (Phi) is 5.21. The molecule has 0 saturated carbocycles. The van der Waals surface area contributed by atoms with Crippen molar-refractivity contribution in [1.29, 1.82) is 0 Å². The van der Waals surface area contributed by atoms with E-state index in [1.165, 1.54) is 0 Å². The number of ether oxygens (including phenoxy) is 1. The van der Waals surface area contributed by atoms with Gasteiger partial charge in [-0.25, -0.2) is 4.79 Å². The number of cyclic esters (lactones) is 1. The number of esters is 1. The Morgan fingerprint density at radius 1 is 1.24 bits per heavy atom. The normalized spacial score (nSPS) is 21.3. The predicted octanol–water partition coefficient (Wildman–Crippen LogP) is 1.21. The van der Waals surface area contributed by atoms with Crippen LogP contribution in [0.1, 0.15) is 25.7 Å². The molecular weight excluding hydrogens is 372 g/mol. The molecule has 8 nitrogen and oxygen atoms in total. The van der Waals surface area contributed by atoms with Crippen LogP contribution in [0.15, 0.2) is 29.1 Å². The number of carbonyl (C=O) groups excluding carboxylic acids is 2. The second kappa shape index (κ2) is 7.67. The van der Waals surface area contributed by atoms with Crippen molar-refractivity contribution < 1.29 is 14.3 Å². The van der Waals surface area contributed by atoms with Crippen molar-refractivity contribution in [2.45, 2.75) is 38.3 Å². The zero-order valence-corrected chi connectivity index (χ0v) is 17.0. The van der Waals surface area contributed by atoms with E-state index in [0.717, 1.165) is 24.0 Å². The Hall–Kier alpha value is -2.61. The van der Waals surface area contributed by atoms with Crippen molar-refractivity contribution >= 4 is 22.9 Å². The molecule has 2 aromatic rings. The molecule has 0 bridgehead atoms. The van der Waals surface area contributed by atoms with Gasteiger partial charge < -0.3 is 19.5 Å². The van der Waals surface area contributed by atoms with Gasteiger partial charge in [-0.2, -0.15) is 0 Å². The summed E-state index contributed by atoms with van der Waals surface area (Å²) < 4.78 is 7.20. The quantitative estimate of drug-likeness (QED) is 0.762. The molecule has 0 aliphatic carbocycles. The van der Waals surface area contributed by atoms with Gasteiger partial charge in [-0.1, -0.05) is 12.1 Å². The number of rotatable bonds is 5. The van der Waals surface area contributed by atoms with Gasteiger partial charge in [-0.15, -0.1) is 0 Å². The van der Waals surface area contributed by atoms with E-state index in [1.807, 2.05) is 48.2 Å². The molecular formula is C21H28N4O4. The number of hydrogen-bond donors (Lipinski definition) is 1. The van der Waals surface area contributed by atoms with Gasteiger partial charge in [0.25, 0.3) is 0 Å². The maximum atomic E-state index is 12.7. The molecule has 8 heteroatoms. The van der Waals surface area contributed by atoms with Crippen LogP contribution >= 0.6 is 0 Å². The Labute approximate surface area is 169 Å². The van der Waals surface area contributed by atoms with Gasteiger partial charge in [-0.05, 0) is 39.1 Å². The molecule has 0 radical (unpaired) electrons. The fourth-order valence-corrected chi connectivity index (χ4v) is 4.63. The van der Waals surface area contributed by atoms with Crippen LogP contribution in [0.5, 0.6) is 0 Å². The Balaban J connectivity index is 1.34. The topological polar surface area (TPSA) is 87.6 Å². The number of piperidine rings is 1. The van der Waals surface area contributed by atoms with Crippen LogP contribution in [0.3, 0.4) is 0 Å². The van der Waals surface area contributed by atoms with Crippen molar-refractivity contribution in [3.8, 4) is 0 Å². The molecule has 29 heavy (non-hydrogen) atoms. The highest BCUT2D eigenvalue weighted by Gasteiger charge is 2.50. The molecule has 4 rings (SSSR count). The number of benzene rings is 1. The van der Waals surface area contributed by atoms with Crippen LogP contribution in [0.4, 0.5) is 0 Å². The van der Waals surface area contributed by atoms with Gasteiger partial charge in [0.05, 0.1) is 16.4 Å². The number of para-hydroxylation sites is 2. The lowest BCUT2D eigenvalue weighted by Crippen LogP contribution is -2.45. The average Bonchev–Trinajstić information content (AvgIpc) is 3.15. The fraction of sp³-hybridized carbons (Fsp3) is 0.571. The maximum absolute atomic E-state index is 12.7. The summed E-state index contributed by atoms with van der Waals surface area (Å²) in [6, 6.07) is 7.47. The number of imidazole rings is 1. The average molecular weight is 400 g/mol. The third-order valence-corrected chi connectivity index (χ3v) is 6.20. The third-order valence-electron chi connectivity index (χ3n) is 6.20. The number of nitrogens with zero attached hydrogens (tertiary/aromatic N) is 3. The van der Waals surface area contributed by atoms with Gasteiger partial charge in [0, 0.05) is 39.0 Å². The van der Waals surface area contributed by atoms with E-state index in [4.69, 9.17) is 4.74 Å². The first-order valence-corrected chi connectivity index (χ1v) is 10.2. The number of nitrogens with one attached hydrogen (secondary N) is 1. The molecule has 3 heterocycles. The Morgan fingerprint density at radius 3 is 2.69 bits per heavy atom. The van der Waals surface area contributed by atoms with Crippen LogP contribution in [-0.4, -0.2) is 71.1 Å².